The van der Waals surface area contributed by atoms with Gasteiger partial charge < -0.3 is 0 Å². The normalized spacial score (nSPS) is 15.9. The first-order chi connectivity index (χ1) is 11.5. The first kappa shape index (κ1) is 16.6. The third-order valence-electron chi connectivity index (χ3n) is 3.12. The lowest BCUT2D eigenvalue weighted by atomic mass is 10.2. The van der Waals surface area contributed by atoms with Gasteiger partial charge in [0.25, 0.3) is 11.8 Å². The maximum absolute atomic E-state index is 12.4. The molecule has 0 spiro atoms. The summed E-state index contributed by atoms with van der Waals surface area (Å²) in [5.41, 5.74) is 3.73. The van der Waals surface area contributed by atoms with Crippen LogP contribution in [0.3, 0.4) is 0 Å². The zero-order chi connectivity index (χ0) is 17.1. The fourth-order valence-electron chi connectivity index (χ4n) is 1.94. The van der Waals surface area contributed by atoms with E-state index in [9.17, 15) is 9.59 Å². The summed E-state index contributed by atoms with van der Waals surface area (Å²) in [6.45, 7) is 0. The molecular formula is C16H10ClN3O2S2. The largest absolute Gasteiger partial charge is 0.285 e. The number of rotatable bonds is 3. The smallest absolute Gasteiger partial charge is 0.267 e. The van der Waals surface area contributed by atoms with E-state index < -0.39 is 5.91 Å². The summed E-state index contributed by atoms with van der Waals surface area (Å²) in [6, 6.07) is 9.90. The Bertz CT molecular complexity index is 838. The van der Waals surface area contributed by atoms with E-state index in [1.54, 1.807) is 54.9 Å². The Balaban J connectivity index is 1.76. The predicted octanol–water partition coefficient (Wildman–Crippen LogP) is 3.28. The van der Waals surface area contributed by atoms with E-state index in [0.717, 1.165) is 22.3 Å². The summed E-state index contributed by atoms with van der Waals surface area (Å²) in [5.74, 6) is -0.808. The number of aromatic nitrogens is 1. The molecule has 0 bridgehead atoms. The summed E-state index contributed by atoms with van der Waals surface area (Å²) in [6.07, 6.45) is 4.97. The molecule has 24 heavy (non-hydrogen) atoms. The molecule has 1 fully saturated rings. The Hall–Kier alpha value is -2.22. The molecule has 1 aliphatic rings. The number of nitrogens with one attached hydrogen (secondary N) is 1. The Kier molecular flexibility index (Phi) is 4.94. The number of thiocarbonyl (C=S) groups is 1. The van der Waals surface area contributed by atoms with E-state index in [-0.39, 0.29) is 10.2 Å². The molecule has 0 aliphatic carbocycles. The van der Waals surface area contributed by atoms with Crippen molar-refractivity contribution in [2.75, 3.05) is 0 Å². The van der Waals surface area contributed by atoms with Crippen LogP contribution < -0.4 is 5.43 Å². The average Bonchev–Trinajstić information content (AvgIpc) is 2.84. The second kappa shape index (κ2) is 7.12. The molecule has 2 heterocycles. The number of carbonyl (C=O) groups is 2. The number of thioether (sulfide) groups is 1. The molecule has 5 nitrogen and oxygen atoms in total. The number of nitrogens with zero attached hydrogens (tertiary/aromatic N) is 2. The molecule has 0 atom stereocenters. The Labute approximate surface area is 152 Å². The molecule has 0 unspecified atom stereocenters. The topological polar surface area (TPSA) is 62.3 Å². The van der Waals surface area contributed by atoms with Crippen LogP contribution in [0.4, 0.5) is 0 Å². The fraction of sp³-hybridized carbons (Fsp3) is 0. The van der Waals surface area contributed by atoms with Gasteiger partial charge in [-0.25, -0.2) is 0 Å². The number of amides is 2. The number of carbonyl (C=O) groups excluding carboxylic acids is 2. The SMILES string of the molecule is O=C(NN1C(=O)/C(=C/c2ccncc2)SC1=S)c1ccc(Cl)cc1. The molecule has 1 N–H and O–H groups in total. The van der Waals surface area contributed by atoms with Gasteiger partial charge in [0.15, 0.2) is 4.32 Å². The standard InChI is InChI=1S/C16H10ClN3O2S2/c17-12-3-1-11(2-4-12)14(21)19-20-15(22)13(24-16(20)23)9-10-5-7-18-8-6-10/h1-9H,(H,19,21)/b13-9-. The second-order valence-corrected chi connectivity index (χ2v) is 6.86. The minimum Gasteiger partial charge on any atom is -0.267 e. The van der Waals surface area contributed by atoms with Crippen LogP contribution in [0.2, 0.25) is 5.02 Å². The summed E-state index contributed by atoms with van der Waals surface area (Å²) in [5, 5.41) is 1.60. The minimum atomic E-state index is -0.437. The number of hydrogen-bond acceptors (Lipinski definition) is 5. The average molecular weight is 376 g/mol. The predicted molar refractivity (Wildman–Crippen MR) is 98.2 cm³/mol. The van der Waals surface area contributed by atoms with Crippen LogP contribution in [0.25, 0.3) is 6.08 Å². The molecule has 2 aromatic rings. The highest BCUT2D eigenvalue weighted by molar-refractivity contribution is 8.26. The van der Waals surface area contributed by atoms with E-state index in [4.69, 9.17) is 23.8 Å². The van der Waals surface area contributed by atoms with Crippen LogP contribution in [0.5, 0.6) is 0 Å². The van der Waals surface area contributed by atoms with Gasteiger partial charge in [-0.2, -0.15) is 5.01 Å². The summed E-state index contributed by atoms with van der Waals surface area (Å²) >= 11 is 12.1. The molecule has 3 rings (SSSR count). The zero-order valence-corrected chi connectivity index (χ0v) is 14.5. The van der Waals surface area contributed by atoms with Gasteiger partial charge in [0, 0.05) is 23.0 Å². The fourth-order valence-corrected chi connectivity index (χ4v) is 3.25. The minimum absolute atomic E-state index is 0.266. The van der Waals surface area contributed by atoms with Gasteiger partial charge in [-0.05, 0) is 60.3 Å². The second-order valence-electron chi connectivity index (χ2n) is 4.75. The Morgan fingerprint density at radius 1 is 1.21 bits per heavy atom. The van der Waals surface area contributed by atoms with Crippen molar-refractivity contribution >= 4 is 57.8 Å². The van der Waals surface area contributed by atoms with Crippen molar-refractivity contribution < 1.29 is 9.59 Å². The van der Waals surface area contributed by atoms with Crippen LogP contribution in [0.1, 0.15) is 15.9 Å². The molecule has 2 amide bonds. The van der Waals surface area contributed by atoms with E-state index >= 15 is 0 Å². The van der Waals surface area contributed by atoms with Crippen LogP contribution >= 0.6 is 35.6 Å². The lowest BCUT2D eigenvalue weighted by Gasteiger charge is -2.15. The molecule has 8 heteroatoms. The molecule has 120 valence electrons. The number of pyridine rings is 1. The van der Waals surface area contributed by atoms with Crippen molar-refractivity contribution in [3.05, 3.63) is 69.8 Å². The molecule has 1 aromatic heterocycles. The van der Waals surface area contributed by atoms with Gasteiger partial charge in [-0.1, -0.05) is 23.4 Å². The lowest BCUT2D eigenvalue weighted by Crippen LogP contribution is -2.44. The van der Waals surface area contributed by atoms with Crippen molar-refractivity contribution in [3.8, 4) is 0 Å². The molecular weight excluding hydrogens is 366 g/mol. The van der Waals surface area contributed by atoms with Crippen LogP contribution in [0, 0.1) is 0 Å². The molecule has 1 saturated heterocycles. The number of hydrazine groups is 1. The molecule has 1 aliphatic heterocycles. The zero-order valence-electron chi connectivity index (χ0n) is 12.1. The van der Waals surface area contributed by atoms with Gasteiger partial charge in [0.2, 0.25) is 0 Å². The van der Waals surface area contributed by atoms with Crippen molar-refractivity contribution in [1.82, 2.24) is 15.4 Å². The van der Waals surface area contributed by atoms with Gasteiger partial charge in [0.05, 0.1) is 4.91 Å². The summed E-state index contributed by atoms with van der Waals surface area (Å²) in [4.78, 5) is 29.0. The van der Waals surface area contributed by atoms with Crippen LogP contribution in [0.15, 0.2) is 53.7 Å². The van der Waals surface area contributed by atoms with E-state index in [2.05, 4.69) is 10.4 Å². The van der Waals surface area contributed by atoms with Crippen molar-refractivity contribution in [2.45, 2.75) is 0 Å². The number of benzene rings is 1. The summed E-state index contributed by atoms with van der Waals surface area (Å²) in [7, 11) is 0. The third-order valence-corrected chi connectivity index (χ3v) is 4.67. The molecule has 0 saturated carbocycles. The number of halogens is 1. The van der Waals surface area contributed by atoms with Crippen molar-refractivity contribution in [3.63, 3.8) is 0 Å². The lowest BCUT2D eigenvalue weighted by molar-refractivity contribution is -0.123. The quantitative estimate of drug-likeness (QED) is 0.659. The van der Waals surface area contributed by atoms with E-state index in [0.29, 0.717) is 15.5 Å². The van der Waals surface area contributed by atoms with E-state index in [1.807, 2.05) is 0 Å². The third kappa shape index (κ3) is 3.64. The first-order valence-corrected chi connectivity index (χ1v) is 8.39. The highest BCUT2D eigenvalue weighted by Crippen LogP contribution is 2.31. The summed E-state index contributed by atoms with van der Waals surface area (Å²) < 4.78 is 0.266. The van der Waals surface area contributed by atoms with Gasteiger partial charge in [-0.3, -0.25) is 20.0 Å². The van der Waals surface area contributed by atoms with Crippen LogP contribution in [-0.4, -0.2) is 26.1 Å². The van der Waals surface area contributed by atoms with Crippen LogP contribution in [-0.2, 0) is 4.79 Å². The first-order valence-electron chi connectivity index (χ1n) is 6.79. The van der Waals surface area contributed by atoms with Gasteiger partial charge >= 0.3 is 0 Å². The Morgan fingerprint density at radius 3 is 2.54 bits per heavy atom. The van der Waals surface area contributed by atoms with Gasteiger partial charge in [0.1, 0.15) is 0 Å². The maximum atomic E-state index is 12.4. The van der Waals surface area contributed by atoms with Crippen molar-refractivity contribution in [2.24, 2.45) is 0 Å². The highest BCUT2D eigenvalue weighted by Gasteiger charge is 2.33. The van der Waals surface area contributed by atoms with Gasteiger partial charge in [-0.15, -0.1) is 0 Å². The maximum Gasteiger partial charge on any atom is 0.285 e. The monoisotopic (exact) mass is 375 g/mol. The molecule has 1 aromatic carbocycles. The van der Waals surface area contributed by atoms with E-state index in [1.165, 1.54) is 0 Å². The highest BCUT2D eigenvalue weighted by atomic mass is 35.5. The Morgan fingerprint density at radius 2 is 1.88 bits per heavy atom. The van der Waals surface area contributed by atoms with Crippen molar-refractivity contribution in [1.29, 1.82) is 0 Å². The molecule has 0 radical (unpaired) electrons. The number of hydrogen-bond donors (Lipinski definition) is 1.